The molecule has 0 aliphatic carbocycles. The molecule has 3 heterocycles. The van der Waals surface area contributed by atoms with Crippen LogP contribution in [-0.4, -0.2) is 75.9 Å². The van der Waals surface area contributed by atoms with Gasteiger partial charge in [0.05, 0.1) is 25.3 Å². The number of rotatable bonds is 14. The van der Waals surface area contributed by atoms with Gasteiger partial charge in [0.25, 0.3) is 0 Å². The average Bonchev–Trinajstić information content (AvgIpc) is 3.65. The van der Waals surface area contributed by atoms with Crippen molar-refractivity contribution in [2.75, 3.05) is 33.0 Å². The number of carboxylic acid groups (broad SMARTS) is 1. The number of aliphatic hydroxyl groups is 1. The van der Waals surface area contributed by atoms with Gasteiger partial charge in [-0.2, -0.15) is 0 Å². The quantitative estimate of drug-likeness (QED) is 0.366. The van der Waals surface area contributed by atoms with Crippen LogP contribution in [0.1, 0.15) is 74.6 Å². The fraction of sp³-hybridized carbons (Fsp3) is 0.621. The zero-order valence-corrected chi connectivity index (χ0v) is 23.2. The van der Waals surface area contributed by atoms with Crippen molar-refractivity contribution in [1.29, 1.82) is 0 Å². The number of oxazole rings is 1. The lowest BCUT2D eigenvalue weighted by molar-refractivity contribution is -0.143. The van der Waals surface area contributed by atoms with E-state index in [0.717, 1.165) is 31.2 Å². The molecule has 3 atom stereocenters. The minimum absolute atomic E-state index is 0.0281. The molecular formula is C29H41N3O7. The second-order valence-corrected chi connectivity index (χ2v) is 10.5. The molecule has 2 aliphatic heterocycles. The molecule has 39 heavy (non-hydrogen) atoms. The molecule has 214 valence electrons. The van der Waals surface area contributed by atoms with Crippen molar-refractivity contribution in [2.45, 2.75) is 77.9 Å². The van der Waals surface area contributed by atoms with Gasteiger partial charge in [0, 0.05) is 43.6 Å². The Morgan fingerprint density at radius 2 is 1.90 bits per heavy atom. The van der Waals surface area contributed by atoms with Crippen LogP contribution < -0.4 is 9.47 Å². The van der Waals surface area contributed by atoms with Gasteiger partial charge in [0.2, 0.25) is 12.7 Å². The van der Waals surface area contributed by atoms with Crippen LogP contribution in [0.2, 0.25) is 0 Å². The molecule has 2 N–H and O–H groups in total. The van der Waals surface area contributed by atoms with Crippen molar-refractivity contribution in [3.63, 3.8) is 0 Å². The van der Waals surface area contributed by atoms with Crippen molar-refractivity contribution < 1.29 is 33.7 Å². The number of hydrogen-bond donors (Lipinski definition) is 2. The van der Waals surface area contributed by atoms with Crippen LogP contribution in [0.3, 0.4) is 0 Å². The van der Waals surface area contributed by atoms with Crippen LogP contribution >= 0.6 is 0 Å². The smallest absolute Gasteiger partial charge is 0.308 e. The van der Waals surface area contributed by atoms with Crippen LogP contribution in [0.25, 0.3) is 0 Å². The number of aromatic nitrogens is 1. The van der Waals surface area contributed by atoms with E-state index >= 15 is 0 Å². The maximum Gasteiger partial charge on any atom is 0.308 e. The SMILES string of the molecule is CCCCN(CCCC)C(=O)CN1C[C@H](c2cc(CO)c3c(c2)OCO3)[C@@H](C(=O)O)[C@@H]1CCc1ncc(C)o1. The van der Waals surface area contributed by atoms with E-state index in [1.165, 1.54) is 0 Å². The zero-order valence-electron chi connectivity index (χ0n) is 23.2. The maximum atomic E-state index is 13.5. The van der Waals surface area contributed by atoms with Crippen molar-refractivity contribution in [3.05, 3.63) is 41.1 Å². The Morgan fingerprint density at radius 3 is 2.51 bits per heavy atom. The summed E-state index contributed by atoms with van der Waals surface area (Å²) in [5, 5.41) is 20.4. The highest BCUT2D eigenvalue weighted by atomic mass is 16.7. The Bertz CT molecular complexity index is 1130. The van der Waals surface area contributed by atoms with Crippen molar-refractivity contribution in [1.82, 2.24) is 14.8 Å². The largest absolute Gasteiger partial charge is 0.481 e. The summed E-state index contributed by atoms with van der Waals surface area (Å²) in [6.45, 7) is 7.82. The standard InChI is InChI=1S/C29H41N3O7/c1-4-6-10-31(11-7-5-2)26(34)16-32-15-22(20-12-21(17-33)28-24(13-20)37-18-38-28)27(29(35)36)23(32)8-9-25-30-14-19(3)39-25/h12-14,22-23,27,33H,4-11,15-18H2,1-3H3,(H,35,36)/t22-,23+,27-/m1/s1. The zero-order chi connectivity index (χ0) is 27.9. The fourth-order valence-electron chi connectivity index (χ4n) is 5.75. The molecule has 4 rings (SSSR count). The summed E-state index contributed by atoms with van der Waals surface area (Å²) in [5.41, 5.74) is 1.33. The highest BCUT2D eigenvalue weighted by molar-refractivity contribution is 5.79. The van der Waals surface area contributed by atoms with E-state index in [4.69, 9.17) is 13.9 Å². The Hall–Kier alpha value is -3.11. The number of unbranched alkanes of at least 4 members (excludes halogenated alkanes) is 2. The normalized spacial score (nSPS) is 20.5. The summed E-state index contributed by atoms with van der Waals surface area (Å²) >= 11 is 0. The first-order valence-corrected chi connectivity index (χ1v) is 14.0. The van der Waals surface area contributed by atoms with Crippen LogP contribution in [0.5, 0.6) is 11.5 Å². The third kappa shape index (κ3) is 6.73. The van der Waals surface area contributed by atoms with Gasteiger partial charge in [-0.05, 0) is 43.9 Å². The molecule has 0 spiro atoms. The molecule has 1 fully saturated rings. The minimum Gasteiger partial charge on any atom is -0.481 e. The number of ether oxygens (including phenoxy) is 2. The van der Waals surface area contributed by atoms with Crippen LogP contribution in [0.4, 0.5) is 0 Å². The Morgan fingerprint density at radius 1 is 1.15 bits per heavy atom. The molecule has 0 unspecified atom stereocenters. The fourth-order valence-corrected chi connectivity index (χ4v) is 5.75. The Labute approximate surface area is 229 Å². The predicted octanol–water partition coefficient (Wildman–Crippen LogP) is 3.73. The van der Waals surface area contributed by atoms with Crippen LogP contribution in [0.15, 0.2) is 22.7 Å². The maximum absolute atomic E-state index is 13.5. The molecule has 10 heteroatoms. The molecule has 1 aromatic carbocycles. The van der Waals surface area contributed by atoms with Gasteiger partial charge in [0.15, 0.2) is 17.4 Å². The van der Waals surface area contributed by atoms with Crippen molar-refractivity contribution >= 4 is 11.9 Å². The Kier molecular flexibility index (Phi) is 9.85. The number of aliphatic hydroxyl groups excluding tert-OH is 1. The van der Waals surface area contributed by atoms with Gasteiger partial charge in [-0.3, -0.25) is 14.5 Å². The molecule has 2 aromatic rings. The van der Waals surface area contributed by atoms with Crippen LogP contribution in [0, 0.1) is 12.8 Å². The summed E-state index contributed by atoms with van der Waals surface area (Å²) in [5.74, 6) is 0.219. The molecule has 0 saturated carbocycles. The van der Waals surface area contributed by atoms with Gasteiger partial charge in [0.1, 0.15) is 5.76 Å². The van der Waals surface area contributed by atoms with E-state index in [2.05, 4.69) is 18.8 Å². The molecule has 2 aliphatic rings. The van der Waals surface area contributed by atoms with Crippen LogP contribution in [-0.2, 0) is 22.6 Å². The van der Waals surface area contributed by atoms with E-state index in [1.54, 1.807) is 6.20 Å². The van der Waals surface area contributed by atoms with Crippen molar-refractivity contribution in [3.8, 4) is 11.5 Å². The Balaban J connectivity index is 1.63. The van der Waals surface area contributed by atoms with E-state index in [9.17, 15) is 19.8 Å². The number of carbonyl (C=O) groups excluding carboxylic acids is 1. The van der Waals surface area contributed by atoms with Gasteiger partial charge < -0.3 is 29.0 Å². The average molecular weight is 544 g/mol. The first-order valence-electron chi connectivity index (χ1n) is 14.0. The number of benzene rings is 1. The van der Waals surface area contributed by atoms with E-state index < -0.39 is 23.8 Å². The number of nitrogens with zero attached hydrogens (tertiary/aromatic N) is 3. The number of hydrogen-bond acceptors (Lipinski definition) is 8. The number of aryl methyl sites for hydroxylation is 2. The lowest BCUT2D eigenvalue weighted by Gasteiger charge is -2.29. The lowest BCUT2D eigenvalue weighted by atomic mass is 9.83. The number of carboxylic acids is 1. The van der Waals surface area contributed by atoms with Gasteiger partial charge in [-0.1, -0.05) is 26.7 Å². The second kappa shape index (κ2) is 13.3. The molecule has 1 amide bonds. The topological polar surface area (TPSA) is 126 Å². The molecular weight excluding hydrogens is 502 g/mol. The van der Waals surface area contributed by atoms with Gasteiger partial charge in [-0.15, -0.1) is 0 Å². The number of fused-ring (bicyclic) bond motifs is 1. The summed E-state index contributed by atoms with van der Waals surface area (Å²) in [4.78, 5) is 34.6. The third-order valence-electron chi connectivity index (χ3n) is 7.78. The molecule has 1 saturated heterocycles. The second-order valence-electron chi connectivity index (χ2n) is 10.5. The third-order valence-corrected chi connectivity index (χ3v) is 7.78. The highest BCUT2D eigenvalue weighted by Crippen LogP contribution is 2.44. The molecule has 1 aromatic heterocycles. The lowest BCUT2D eigenvalue weighted by Crippen LogP contribution is -2.44. The number of aliphatic carboxylic acids is 1. The minimum atomic E-state index is -0.916. The van der Waals surface area contributed by atoms with E-state index in [1.807, 2.05) is 28.9 Å². The number of likely N-dealkylation sites (tertiary alicyclic amines) is 1. The summed E-state index contributed by atoms with van der Waals surface area (Å²) in [6.07, 6.45) is 6.48. The highest BCUT2D eigenvalue weighted by Gasteiger charge is 2.47. The van der Waals surface area contributed by atoms with E-state index in [0.29, 0.717) is 61.2 Å². The molecule has 10 nitrogen and oxygen atoms in total. The first kappa shape index (κ1) is 28.9. The van der Waals surface area contributed by atoms with Gasteiger partial charge in [-0.25, -0.2) is 4.98 Å². The monoisotopic (exact) mass is 543 g/mol. The van der Waals surface area contributed by atoms with Gasteiger partial charge >= 0.3 is 5.97 Å². The number of amides is 1. The van der Waals surface area contributed by atoms with E-state index in [-0.39, 0.29) is 25.9 Å². The van der Waals surface area contributed by atoms with Crippen molar-refractivity contribution in [2.24, 2.45) is 5.92 Å². The number of carbonyl (C=O) groups is 2. The summed E-state index contributed by atoms with van der Waals surface area (Å²) in [6, 6.07) is 3.23. The predicted molar refractivity (Wildman–Crippen MR) is 144 cm³/mol. The summed E-state index contributed by atoms with van der Waals surface area (Å²) in [7, 11) is 0. The summed E-state index contributed by atoms with van der Waals surface area (Å²) < 4.78 is 16.8. The molecule has 0 radical (unpaired) electrons. The molecule has 0 bridgehead atoms. The first-order chi connectivity index (χ1) is 18.9.